The second-order valence-corrected chi connectivity index (χ2v) is 5.10. The first-order valence-corrected chi connectivity index (χ1v) is 6.91. The van der Waals surface area contributed by atoms with Crippen LogP contribution in [0.4, 0.5) is 5.69 Å². The summed E-state index contributed by atoms with van der Waals surface area (Å²) in [4.78, 5) is 12.2. The van der Waals surface area contributed by atoms with Crippen molar-refractivity contribution in [3.8, 4) is 0 Å². The average Bonchev–Trinajstić information content (AvgIpc) is 2.36. The van der Waals surface area contributed by atoms with Gasteiger partial charge in [-0.25, -0.2) is 0 Å². The van der Waals surface area contributed by atoms with Gasteiger partial charge in [0.2, 0.25) is 0 Å². The Bertz CT molecular complexity index is 459. The predicted octanol–water partition coefficient (Wildman–Crippen LogP) is 2.68. The summed E-state index contributed by atoms with van der Waals surface area (Å²) in [5, 5.41) is 6.56. The van der Waals surface area contributed by atoms with Gasteiger partial charge in [0.05, 0.1) is 11.7 Å². The number of amides is 1. The molecule has 104 valence electrons. The van der Waals surface area contributed by atoms with Gasteiger partial charge in [-0.1, -0.05) is 11.6 Å². The van der Waals surface area contributed by atoms with Gasteiger partial charge >= 0.3 is 0 Å². The van der Waals surface area contributed by atoms with E-state index in [-0.39, 0.29) is 11.9 Å². The maximum absolute atomic E-state index is 12.2. The fourth-order valence-electron chi connectivity index (χ4n) is 2.24. The van der Waals surface area contributed by atoms with Crippen molar-refractivity contribution in [3.05, 3.63) is 28.8 Å². The highest BCUT2D eigenvalue weighted by Crippen LogP contribution is 2.25. The molecule has 1 aromatic carbocycles. The summed E-state index contributed by atoms with van der Waals surface area (Å²) in [7, 11) is 1.79. The average molecular weight is 283 g/mol. The van der Waals surface area contributed by atoms with Gasteiger partial charge in [-0.05, 0) is 38.0 Å². The zero-order valence-electron chi connectivity index (χ0n) is 11.2. The molecule has 1 aromatic rings. The van der Waals surface area contributed by atoms with Gasteiger partial charge in [-0.2, -0.15) is 0 Å². The zero-order valence-corrected chi connectivity index (χ0v) is 12.0. The third-order valence-electron chi connectivity index (χ3n) is 3.33. The lowest BCUT2D eigenvalue weighted by Crippen LogP contribution is -2.47. The monoisotopic (exact) mass is 282 g/mol. The number of hydrogen-bond acceptors (Lipinski definition) is 3. The number of ether oxygens (including phenoxy) is 1. The SMILES string of the molecule is CCOC1CC(NC(=O)c2cc(Cl)ccc2NC)C1. The van der Waals surface area contributed by atoms with Crippen LogP contribution in [0.1, 0.15) is 30.1 Å². The topological polar surface area (TPSA) is 50.4 Å². The van der Waals surface area contributed by atoms with Crippen LogP contribution in [0.2, 0.25) is 5.02 Å². The summed E-state index contributed by atoms with van der Waals surface area (Å²) in [5.74, 6) is -0.0909. The van der Waals surface area contributed by atoms with Crippen molar-refractivity contribution in [1.29, 1.82) is 0 Å². The molecule has 0 spiro atoms. The molecular weight excluding hydrogens is 264 g/mol. The maximum atomic E-state index is 12.2. The van der Waals surface area contributed by atoms with E-state index in [1.807, 2.05) is 6.92 Å². The highest BCUT2D eigenvalue weighted by Gasteiger charge is 2.31. The largest absolute Gasteiger partial charge is 0.387 e. The van der Waals surface area contributed by atoms with E-state index in [2.05, 4.69) is 10.6 Å². The molecule has 1 amide bonds. The number of halogens is 1. The number of carbonyl (C=O) groups excluding carboxylic acids is 1. The van der Waals surface area contributed by atoms with E-state index < -0.39 is 0 Å². The molecule has 19 heavy (non-hydrogen) atoms. The molecule has 5 heteroatoms. The van der Waals surface area contributed by atoms with Crippen LogP contribution in [0.15, 0.2) is 18.2 Å². The number of carbonyl (C=O) groups is 1. The van der Waals surface area contributed by atoms with Crippen molar-refractivity contribution in [1.82, 2.24) is 5.32 Å². The highest BCUT2D eigenvalue weighted by molar-refractivity contribution is 6.31. The summed E-state index contributed by atoms with van der Waals surface area (Å²) >= 11 is 5.94. The van der Waals surface area contributed by atoms with Gasteiger partial charge in [0, 0.05) is 30.4 Å². The summed E-state index contributed by atoms with van der Waals surface area (Å²) < 4.78 is 5.47. The Morgan fingerprint density at radius 3 is 2.84 bits per heavy atom. The fourth-order valence-corrected chi connectivity index (χ4v) is 2.41. The third-order valence-corrected chi connectivity index (χ3v) is 3.56. The summed E-state index contributed by atoms with van der Waals surface area (Å²) in [6.45, 7) is 2.71. The van der Waals surface area contributed by atoms with E-state index in [4.69, 9.17) is 16.3 Å². The van der Waals surface area contributed by atoms with E-state index >= 15 is 0 Å². The molecule has 2 rings (SSSR count). The Hall–Kier alpha value is -1.26. The van der Waals surface area contributed by atoms with Crippen LogP contribution >= 0.6 is 11.6 Å². The Morgan fingerprint density at radius 2 is 2.21 bits per heavy atom. The Morgan fingerprint density at radius 1 is 1.47 bits per heavy atom. The number of hydrogen-bond donors (Lipinski definition) is 2. The van der Waals surface area contributed by atoms with Crippen LogP contribution < -0.4 is 10.6 Å². The normalized spacial score (nSPS) is 21.6. The lowest BCUT2D eigenvalue weighted by atomic mass is 9.89. The maximum Gasteiger partial charge on any atom is 0.253 e. The van der Waals surface area contributed by atoms with Crippen molar-refractivity contribution in [2.24, 2.45) is 0 Å². The van der Waals surface area contributed by atoms with Gasteiger partial charge in [-0.15, -0.1) is 0 Å². The van der Waals surface area contributed by atoms with Crippen LogP contribution in [0.25, 0.3) is 0 Å². The standard InChI is InChI=1S/C14H19ClN2O2/c1-3-19-11-7-10(8-11)17-14(18)12-6-9(15)4-5-13(12)16-2/h4-6,10-11,16H,3,7-8H2,1-2H3,(H,17,18). The molecule has 0 bridgehead atoms. The molecule has 2 N–H and O–H groups in total. The summed E-state index contributed by atoms with van der Waals surface area (Å²) in [6, 6.07) is 5.45. The molecule has 1 saturated carbocycles. The van der Waals surface area contributed by atoms with E-state index in [1.54, 1.807) is 25.2 Å². The van der Waals surface area contributed by atoms with Crippen molar-refractivity contribution in [2.45, 2.75) is 31.9 Å². The molecule has 0 heterocycles. The smallest absolute Gasteiger partial charge is 0.253 e. The first-order valence-electron chi connectivity index (χ1n) is 6.53. The van der Waals surface area contributed by atoms with Crippen molar-refractivity contribution in [2.75, 3.05) is 19.0 Å². The van der Waals surface area contributed by atoms with Gasteiger partial charge in [0.15, 0.2) is 0 Å². The minimum absolute atomic E-state index is 0.0909. The zero-order chi connectivity index (χ0) is 13.8. The number of benzene rings is 1. The quantitative estimate of drug-likeness (QED) is 0.873. The van der Waals surface area contributed by atoms with E-state index in [0.717, 1.165) is 25.1 Å². The Balaban J connectivity index is 1.95. The minimum Gasteiger partial charge on any atom is -0.387 e. The molecule has 0 atom stereocenters. The van der Waals surface area contributed by atoms with Crippen molar-refractivity contribution in [3.63, 3.8) is 0 Å². The highest BCUT2D eigenvalue weighted by atomic mass is 35.5. The van der Waals surface area contributed by atoms with Crippen LogP contribution in [0.5, 0.6) is 0 Å². The summed E-state index contributed by atoms with van der Waals surface area (Å²) in [5.41, 5.74) is 1.36. The molecular formula is C14H19ClN2O2. The summed E-state index contributed by atoms with van der Waals surface area (Å²) in [6.07, 6.45) is 2.06. The molecule has 4 nitrogen and oxygen atoms in total. The van der Waals surface area contributed by atoms with Crippen molar-refractivity contribution >= 4 is 23.2 Å². The van der Waals surface area contributed by atoms with Crippen molar-refractivity contribution < 1.29 is 9.53 Å². The lowest BCUT2D eigenvalue weighted by molar-refractivity contribution is -0.00861. The minimum atomic E-state index is -0.0909. The van der Waals surface area contributed by atoms with Crippen LogP contribution in [0.3, 0.4) is 0 Å². The first-order chi connectivity index (χ1) is 9.13. The van der Waals surface area contributed by atoms with Gasteiger partial charge in [0.25, 0.3) is 5.91 Å². The van der Waals surface area contributed by atoms with Gasteiger partial charge < -0.3 is 15.4 Å². The van der Waals surface area contributed by atoms with E-state index in [0.29, 0.717) is 16.7 Å². The molecule has 0 aliphatic heterocycles. The lowest BCUT2D eigenvalue weighted by Gasteiger charge is -2.35. The van der Waals surface area contributed by atoms with E-state index in [1.165, 1.54) is 0 Å². The molecule has 1 fully saturated rings. The Kier molecular flexibility index (Phi) is 4.66. The van der Waals surface area contributed by atoms with Crippen LogP contribution in [-0.4, -0.2) is 31.7 Å². The first kappa shape index (κ1) is 14.2. The predicted molar refractivity (Wildman–Crippen MR) is 76.9 cm³/mol. The molecule has 1 aliphatic carbocycles. The van der Waals surface area contributed by atoms with E-state index in [9.17, 15) is 4.79 Å². The number of anilines is 1. The Labute approximate surface area is 118 Å². The van der Waals surface area contributed by atoms with Gasteiger partial charge in [0.1, 0.15) is 0 Å². The second kappa shape index (κ2) is 6.26. The molecule has 0 radical (unpaired) electrons. The molecule has 0 saturated heterocycles. The fraction of sp³-hybridized carbons (Fsp3) is 0.500. The molecule has 0 aromatic heterocycles. The molecule has 1 aliphatic rings. The van der Waals surface area contributed by atoms with Gasteiger partial charge in [-0.3, -0.25) is 4.79 Å². The third kappa shape index (κ3) is 3.39. The van der Waals surface area contributed by atoms with Crippen LogP contribution in [-0.2, 0) is 4.74 Å². The second-order valence-electron chi connectivity index (χ2n) is 4.66. The number of nitrogens with one attached hydrogen (secondary N) is 2. The number of rotatable bonds is 5. The van der Waals surface area contributed by atoms with Crippen LogP contribution in [0, 0.1) is 0 Å². The molecule has 0 unspecified atom stereocenters.